The summed E-state index contributed by atoms with van der Waals surface area (Å²) >= 11 is 0. The molecule has 1 amide bonds. The molecule has 0 aliphatic carbocycles. The zero-order chi connectivity index (χ0) is 23.5. The first-order valence-corrected chi connectivity index (χ1v) is 11.1. The number of hydrogen-bond acceptors (Lipinski definition) is 3. The van der Waals surface area contributed by atoms with Crippen LogP contribution in [0.4, 0.5) is 5.69 Å². The first-order chi connectivity index (χ1) is 16.6. The molecule has 0 bridgehead atoms. The number of carbonyl (C=O) groups excluding carboxylic acids is 1. The molecule has 0 aliphatic heterocycles. The summed E-state index contributed by atoms with van der Waals surface area (Å²) in [6.07, 6.45) is 0. The highest BCUT2D eigenvalue weighted by molar-refractivity contribution is 6.05. The van der Waals surface area contributed by atoms with Gasteiger partial charge in [-0.3, -0.25) is 14.2 Å². The van der Waals surface area contributed by atoms with Crippen LogP contribution in [0, 0.1) is 6.92 Å². The molecule has 5 heteroatoms. The second kappa shape index (κ2) is 9.16. The molecule has 5 aromatic rings. The van der Waals surface area contributed by atoms with E-state index in [-0.39, 0.29) is 17.5 Å². The van der Waals surface area contributed by atoms with Gasteiger partial charge in [0.1, 0.15) is 5.82 Å². The fourth-order valence-corrected chi connectivity index (χ4v) is 4.25. The standard InChI is InChI=1S/C29H23N3O2/c1-20-30-26-18-17-24(31-28(33)23-15-9-4-10-16-23)19-25(26)29(34)32(20)27(21-11-5-2-6-12-21)22-13-7-3-8-14-22/h2-19,27H,1H3,(H,31,33). The Balaban J connectivity index is 1.63. The van der Waals surface area contributed by atoms with Crippen LogP contribution in [0.5, 0.6) is 0 Å². The maximum absolute atomic E-state index is 13.9. The van der Waals surface area contributed by atoms with Gasteiger partial charge in [0.2, 0.25) is 0 Å². The van der Waals surface area contributed by atoms with Crippen molar-refractivity contribution in [2.75, 3.05) is 5.32 Å². The fourth-order valence-electron chi connectivity index (χ4n) is 4.25. The van der Waals surface area contributed by atoms with Gasteiger partial charge < -0.3 is 5.32 Å². The van der Waals surface area contributed by atoms with Crippen LogP contribution in [0.1, 0.15) is 33.4 Å². The lowest BCUT2D eigenvalue weighted by Crippen LogP contribution is -2.29. The Bertz CT molecular complexity index is 1470. The molecule has 34 heavy (non-hydrogen) atoms. The van der Waals surface area contributed by atoms with E-state index in [1.165, 1.54) is 0 Å². The number of rotatable bonds is 5. The van der Waals surface area contributed by atoms with Gasteiger partial charge in [-0.15, -0.1) is 0 Å². The molecule has 0 radical (unpaired) electrons. The van der Waals surface area contributed by atoms with Crippen molar-refractivity contribution >= 4 is 22.5 Å². The summed E-state index contributed by atoms with van der Waals surface area (Å²) in [4.78, 5) is 31.2. The normalized spacial score (nSPS) is 11.0. The van der Waals surface area contributed by atoms with E-state index in [2.05, 4.69) is 5.32 Å². The molecule has 166 valence electrons. The van der Waals surface area contributed by atoms with Gasteiger partial charge >= 0.3 is 0 Å². The minimum atomic E-state index is -0.325. The predicted octanol–water partition coefficient (Wildman–Crippen LogP) is 5.59. The number of hydrogen-bond donors (Lipinski definition) is 1. The molecule has 1 N–H and O–H groups in total. The number of aromatic nitrogens is 2. The smallest absolute Gasteiger partial charge is 0.262 e. The van der Waals surface area contributed by atoms with E-state index in [1.54, 1.807) is 34.9 Å². The Hall–Kier alpha value is -4.51. The molecule has 0 saturated heterocycles. The molecule has 1 heterocycles. The van der Waals surface area contributed by atoms with E-state index in [1.807, 2.05) is 85.8 Å². The number of amides is 1. The lowest BCUT2D eigenvalue weighted by atomic mass is 9.98. The zero-order valence-corrected chi connectivity index (χ0v) is 18.7. The van der Waals surface area contributed by atoms with Crippen molar-refractivity contribution in [3.05, 3.63) is 142 Å². The third kappa shape index (κ3) is 4.11. The molecular formula is C29H23N3O2. The molecule has 0 saturated carbocycles. The van der Waals surface area contributed by atoms with E-state index in [0.29, 0.717) is 28.0 Å². The Kier molecular flexibility index (Phi) is 5.75. The molecule has 0 spiro atoms. The molecule has 0 fully saturated rings. The van der Waals surface area contributed by atoms with E-state index >= 15 is 0 Å². The van der Waals surface area contributed by atoms with Crippen molar-refractivity contribution in [1.82, 2.24) is 9.55 Å². The molecule has 0 atom stereocenters. The molecule has 4 aromatic carbocycles. The van der Waals surface area contributed by atoms with Gasteiger partial charge in [0.25, 0.3) is 11.5 Å². The van der Waals surface area contributed by atoms with Crippen LogP contribution in [0.25, 0.3) is 10.9 Å². The first-order valence-electron chi connectivity index (χ1n) is 11.1. The quantitative estimate of drug-likeness (QED) is 0.383. The maximum Gasteiger partial charge on any atom is 0.262 e. The third-order valence-corrected chi connectivity index (χ3v) is 5.86. The topological polar surface area (TPSA) is 64.0 Å². The van der Waals surface area contributed by atoms with E-state index in [9.17, 15) is 9.59 Å². The van der Waals surface area contributed by atoms with Crippen molar-refractivity contribution in [2.24, 2.45) is 0 Å². The number of benzene rings is 4. The Labute approximate surface area is 197 Å². The van der Waals surface area contributed by atoms with Crippen LogP contribution in [-0.2, 0) is 0 Å². The Morgan fingerprint density at radius 1 is 0.794 bits per heavy atom. The van der Waals surface area contributed by atoms with Gasteiger partial charge in [-0.05, 0) is 48.4 Å². The fraction of sp³-hybridized carbons (Fsp3) is 0.0690. The SMILES string of the molecule is Cc1nc2ccc(NC(=O)c3ccccc3)cc2c(=O)n1C(c1ccccc1)c1ccccc1. The van der Waals surface area contributed by atoms with Crippen LogP contribution >= 0.6 is 0 Å². The molecule has 5 nitrogen and oxygen atoms in total. The number of nitrogens with zero attached hydrogens (tertiary/aromatic N) is 2. The zero-order valence-electron chi connectivity index (χ0n) is 18.7. The molecule has 0 unspecified atom stereocenters. The van der Waals surface area contributed by atoms with Crippen LogP contribution in [0.2, 0.25) is 0 Å². The highest BCUT2D eigenvalue weighted by atomic mass is 16.1. The number of fused-ring (bicyclic) bond motifs is 1. The summed E-state index contributed by atoms with van der Waals surface area (Å²) < 4.78 is 1.73. The second-order valence-corrected chi connectivity index (χ2v) is 8.11. The van der Waals surface area contributed by atoms with Gasteiger partial charge in [0, 0.05) is 11.3 Å². The van der Waals surface area contributed by atoms with E-state index < -0.39 is 0 Å². The van der Waals surface area contributed by atoms with E-state index in [0.717, 1.165) is 11.1 Å². The van der Waals surface area contributed by atoms with Gasteiger partial charge in [-0.1, -0.05) is 78.9 Å². The van der Waals surface area contributed by atoms with Gasteiger partial charge in [0.05, 0.1) is 16.9 Å². The molecule has 0 aliphatic rings. The van der Waals surface area contributed by atoms with E-state index in [4.69, 9.17) is 4.98 Å². The summed E-state index contributed by atoms with van der Waals surface area (Å²) in [6.45, 7) is 1.85. The maximum atomic E-state index is 13.9. The molecule has 1 aromatic heterocycles. The lowest BCUT2D eigenvalue weighted by Gasteiger charge is -2.23. The molecule has 5 rings (SSSR count). The monoisotopic (exact) mass is 445 g/mol. The van der Waals surface area contributed by atoms with Crippen molar-refractivity contribution in [1.29, 1.82) is 0 Å². The number of carbonyl (C=O) groups is 1. The van der Waals surface area contributed by atoms with Crippen LogP contribution in [-0.4, -0.2) is 15.5 Å². The average molecular weight is 446 g/mol. The van der Waals surface area contributed by atoms with Gasteiger partial charge in [-0.25, -0.2) is 4.98 Å². The lowest BCUT2D eigenvalue weighted by molar-refractivity contribution is 0.102. The van der Waals surface area contributed by atoms with Gasteiger partial charge in [-0.2, -0.15) is 0 Å². The summed E-state index contributed by atoms with van der Waals surface area (Å²) in [5, 5.41) is 3.34. The molecular weight excluding hydrogens is 422 g/mol. The van der Waals surface area contributed by atoms with Crippen molar-refractivity contribution in [2.45, 2.75) is 13.0 Å². The first kappa shape index (κ1) is 21.3. The summed E-state index contributed by atoms with van der Waals surface area (Å²) in [5.74, 6) is 0.392. The van der Waals surface area contributed by atoms with Crippen LogP contribution in [0.3, 0.4) is 0 Å². The number of nitrogens with one attached hydrogen (secondary N) is 1. The van der Waals surface area contributed by atoms with Gasteiger partial charge in [0.15, 0.2) is 0 Å². The largest absolute Gasteiger partial charge is 0.322 e. The third-order valence-electron chi connectivity index (χ3n) is 5.86. The summed E-state index contributed by atoms with van der Waals surface area (Å²) in [7, 11) is 0. The highest BCUT2D eigenvalue weighted by Crippen LogP contribution is 2.27. The Morgan fingerprint density at radius 3 is 1.94 bits per heavy atom. The summed E-state index contributed by atoms with van der Waals surface area (Å²) in [5.41, 5.74) is 3.52. The second-order valence-electron chi connectivity index (χ2n) is 8.11. The predicted molar refractivity (Wildman–Crippen MR) is 135 cm³/mol. The van der Waals surface area contributed by atoms with Crippen molar-refractivity contribution < 1.29 is 4.79 Å². The minimum absolute atomic E-state index is 0.156. The summed E-state index contributed by atoms with van der Waals surface area (Å²) in [6, 6.07) is 33.8. The van der Waals surface area contributed by atoms with Crippen molar-refractivity contribution in [3.8, 4) is 0 Å². The number of aryl methyl sites for hydroxylation is 1. The minimum Gasteiger partial charge on any atom is -0.322 e. The number of anilines is 1. The highest BCUT2D eigenvalue weighted by Gasteiger charge is 2.21. The average Bonchev–Trinajstić information content (AvgIpc) is 2.88. The van der Waals surface area contributed by atoms with Crippen LogP contribution in [0.15, 0.2) is 114 Å². The Morgan fingerprint density at radius 2 is 1.35 bits per heavy atom. The van der Waals surface area contributed by atoms with Crippen LogP contribution < -0.4 is 10.9 Å². The van der Waals surface area contributed by atoms with Crippen molar-refractivity contribution in [3.63, 3.8) is 0 Å².